The van der Waals surface area contributed by atoms with Gasteiger partial charge in [0, 0.05) is 25.2 Å². The molecule has 2 heterocycles. The number of carbonyl (C=O) groups excluding carboxylic acids is 1. The molecule has 0 N–H and O–H groups in total. The number of amides is 1. The molecule has 1 aromatic heterocycles. The second-order valence-corrected chi connectivity index (χ2v) is 11.9. The van der Waals surface area contributed by atoms with Crippen molar-refractivity contribution in [2.45, 2.75) is 56.9 Å². The monoisotopic (exact) mass is 497 g/mol. The zero-order valence-electron chi connectivity index (χ0n) is 19.7. The zero-order chi connectivity index (χ0) is 24.3. The predicted octanol–water partition coefficient (Wildman–Crippen LogP) is 5.32. The highest BCUT2D eigenvalue weighted by molar-refractivity contribution is 7.89. The average molecular weight is 498 g/mol. The van der Waals surface area contributed by atoms with E-state index in [4.69, 9.17) is 0 Å². The number of hydrogen-bond donors (Lipinski definition) is 0. The number of carbonyl (C=O) groups is 1. The Labute approximate surface area is 205 Å². The summed E-state index contributed by atoms with van der Waals surface area (Å²) in [5.74, 6) is 0.0117. The summed E-state index contributed by atoms with van der Waals surface area (Å²) in [7, 11) is -3.55. The van der Waals surface area contributed by atoms with Crippen molar-refractivity contribution >= 4 is 37.5 Å². The summed E-state index contributed by atoms with van der Waals surface area (Å²) in [4.78, 5) is 18.2. The molecule has 8 heteroatoms. The number of aromatic nitrogens is 1. The van der Waals surface area contributed by atoms with E-state index in [9.17, 15) is 13.2 Å². The smallest absolute Gasteiger partial charge is 0.279 e. The quantitative estimate of drug-likeness (QED) is 0.433. The molecule has 0 aliphatic carbocycles. The van der Waals surface area contributed by atoms with E-state index in [-0.39, 0.29) is 4.90 Å². The fraction of sp³-hybridized carbons (Fsp3) is 0.385. The summed E-state index contributed by atoms with van der Waals surface area (Å²) in [6.07, 6.45) is 5.67. The van der Waals surface area contributed by atoms with Crippen LogP contribution >= 0.6 is 11.3 Å². The van der Waals surface area contributed by atoms with Crippen LogP contribution in [-0.4, -0.2) is 36.3 Å². The van der Waals surface area contributed by atoms with Gasteiger partial charge >= 0.3 is 0 Å². The fourth-order valence-electron chi connectivity index (χ4n) is 4.19. The molecule has 4 rings (SSSR count). The van der Waals surface area contributed by atoms with Crippen molar-refractivity contribution in [2.75, 3.05) is 13.1 Å². The van der Waals surface area contributed by atoms with Gasteiger partial charge < -0.3 is 4.57 Å². The van der Waals surface area contributed by atoms with Gasteiger partial charge in [-0.25, -0.2) is 8.42 Å². The predicted molar refractivity (Wildman–Crippen MR) is 138 cm³/mol. The van der Waals surface area contributed by atoms with Crippen molar-refractivity contribution in [2.24, 2.45) is 4.99 Å². The highest BCUT2D eigenvalue weighted by atomic mass is 32.2. The van der Waals surface area contributed by atoms with Crippen LogP contribution in [0.15, 0.2) is 65.0 Å². The largest absolute Gasteiger partial charge is 0.312 e. The molecule has 0 spiro atoms. The second-order valence-electron chi connectivity index (χ2n) is 8.93. The van der Waals surface area contributed by atoms with E-state index in [2.05, 4.69) is 43.6 Å². The molecule has 0 unspecified atom stereocenters. The highest BCUT2D eigenvalue weighted by Gasteiger charge is 2.25. The van der Waals surface area contributed by atoms with Crippen LogP contribution in [0.5, 0.6) is 0 Å². The third kappa shape index (κ3) is 5.09. The second kappa shape index (κ2) is 10.4. The van der Waals surface area contributed by atoms with E-state index < -0.39 is 15.9 Å². The van der Waals surface area contributed by atoms with Gasteiger partial charge in [0.05, 0.1) is 15.1 Å². The van der Waals surface area contributed by atoms with Crippen LogP contribution in [0.1, 0.15) is 61.4 Å². The number of sulfonamides is 1. The van der Waals surface area contributed by atoms with Gasteiger partial charge in [-0.05, 0) is 60.7 Å². The Morgan fingerprint density at radius 2 is 1.76 bits per heavy atom. The lowest BCUT2D eigenvalue weighted by Crippen LogP contribution is -2.31. The first kappa shape index (κ1) is 24.6. The number of allylic oxidation sites excluding steroid dienone is 1. The average Bonchev–Trinajstić information content (AvgIpc) is 2.99. The van der Waals surface area contributed by atoms with Crippen molar-refractivity contribution in [1.29, 1.82) is 0 Å². The number of nitrogens with zero attached hydrogens (tertiary/aromatic N) is 3. The van der Waals surface area contributed by atoms with Gasteiger partial charge in [-0.2, -0.15) is 9.30 Å². The first-order valence-electron chi connectivity index (χ1n) is 11.7. The molecule has 0 radical (unpaired) electrons. The van der Waals surface area contributed by atoms with Crippen LogP contribution < -0.4 is 4.80 Å². The third-order valence-electron chi connectivity index (χ3n) is 6.19. The lowest BCUT2D eigenvalue weighted by atomic mass is 10.0. The normalized spacial score (nSPS) is 16.1. The van der Waals surface area contributed by atoms with Gasteiger partial charge in [0.1, 0.15) is 0 Å². The van der Waals surface area contributed by atoms with Gasteiger partial charge in [-0.1, -0.05) is 50.2 Å². The molecule has 1 aliphatic heterocycles. The van der Waals surface area contributed by atoms with E-state index in [1.807, 2.05) is 4.57 Å². The van der Waals surface area contributed by atoms with Crippen LogP contribution in [0.4, 0.5) is 0 Å². The molecule has 0 saturated carbocycles. The molecule has 0 bridgehead atoms. The topological polar surface area (TPSA) is 71.7 Å². The first-order chi connectivity index (χ1) is 16.3. The van der Waals surface area contributed by atoms with Crippen LogP contribution in [0, 0.1) is 0 Å². The Bertz CT molecular complexity index is 1360. The minimum atomic E-state index is -3.55. The molecular formula is C26H31N3O3S2. The van der Waals surface area contributed by atoms with Crippen molar-refractivity contribution in [3.8, 4) is 0 Å². The molecule has 3 aromatic rings. The SMILES string of the molecule is C=CCn1c(=NC(=O)c2ccc(S(=O)(=O)N3CCCCCC3)cc2)sc2cc(C(C)C)ccc21. The minimum Gasteiger partial charge on any atom is -0.312 e. The molecule has 2 aromatic carbocycles. The van der Waals surface area contributed by atoms with E-state index in [0.717, 1.165) is 35.9 Å². The summed E-state index contributed by atoms with van der Waals surface area (Å²) >= 11 is 1.47. The van der Waals surface area contributed by atoms with Gasteiger partial charge in [-0.3, -0.25) is 4.79 Å². The Kier molecular flexibility index (Phi) is 7.50. The maximum absolute atomic E-state index is 13.0. The molecule has 0 atom stereocenters. The van der Waals surface area contributed by atoms with Crippen LogP contribution in [0.25, 0.3) is 10.2 Å². The minimum absolute atomic E-state index is 0.218. The first-order valence-corrected chi connectivity index (χ1v) is 14.0. The Hall–Kier alpha value is -2.55. The Balaban J connectivity index is 1.65. The van der Waals surface area contributed by atoms with Crippen molar-refractivity contribution in [3.05, 3.63) is 71.0 Å². The molecule has 1 amide bonds. The maximum atomic E-state index is 13.0. The van der Waals surface area contributed by atoms with Gasteiger partial charge in [-0.15, -0.1) is 6.58 Å². The Morgan fingerprint density at radius 1 is 1.09 bits per heavy atom. The summed E-state index contributed by atoms with van der Waals surface area (Å²) in [5, 5.41) is 0. The number of rotatable bonds is 6. The number of fused-ring (bicyclic) bond motifs is 1. The van der Waals surface area contributed by atoms with Crippen LogP contribution in [0.2, 0.25) is 0 Å². The summed E-state index contributed by atoms with van der Waals surface area (Å²) in [6.45, 7) is 9.78. The third-order valence-corrected chi connectivity index (χ3v) is 9.14. The van der Waals surface area contributed by atoms with Gasteiger partial charge in [0.15, 0.2) is 4.80 Å². The maximum Gasteiger partial charge on any atom is 0.279 e. The van der Waals surface area contributed by atoms with Crippen LogP contribution in [-0.2, 0) is 16.6 Å². The van der Waals surface area contributed by atoms with E-state index in [1.54, 1.807) is 22.5 Å². The van der Waals surface area contributed by atoms with E-state index >= 15 is 0 Å². The zero-order valence-corrected chi connectivity index (χ0v) is 21.4. The van der Waals surface area contributed by atoms with Crippen LogP contribution in [0.3, 0.4) is 0 Å². The lowest BCUT2D eigenvalue weighted by Gasteiger charge is -2.19. The van der Waals surface area contributed by atoms with Gasteiger partial charge in [0.25, 0.3) is 5.91 Å². The lowest BCUT2D eigenvalue weighted by molar-refractivity contribution is 0.0997. The number of thiazole rings is 1. The molecule has 34 heavy (non-hydrogen) atoms. The molecule has 180 valence electrons. The molecule has 1 saturated heterocycles. The van der Waals surface area contributed by atoms with E-state index in [1.165, 1.54) is 29.0 Å². The van der Waals surface area contributed by atoms with Gasteiger partial charge in [0.2, 0.25) is 10.0 Å². The summed E-state index contributed by atoms with van der Waals surface area (Å²) < 4.78 is 30.6. The molecular weight excluding hydrogens is 466 g/mol. The summed E-state index contributed by atoms with van der Waals surface area (Å²) in [6, 6.07) is 12.5. The molecule has 1 fully saturated rings. The highest BCUT2D eigenvalue weighted by Crippen LogP contribution is 2.24. The molecule has 1 aliphatic rings. The standard InChI is InChI=1S/C26H31N3O3S2/c1-4-15-29-23-14-11-21(19(2)3)18-24(23)33-26(29)27-25(30)20-9-12-22(13-10-20)34(31,32)28-16-7-5-6-8-17-28/h4,9-14,18-19H,1,5-8,15-17H2,2-3H3. The van der Waals surface area contributed by atoms with Crippen molar-refractivity contribution < 1.29 is 13.2 Å². The molecule has 6 nitrogen and oxygen atoms in total. The van der Waals surface area contributed by atoms with E-state index in [0.29, 0.717) is 35.9 Å². The van der Waals surface area contributed by atoms with Crippen molar-refractivity contribution in [1.82, 2.24) is 8.87 Å². The summed E-state index contributed by atoms with van der Waals surface area (Å²) in [5.41, 5.74) is 2.61. The van der Waals surface area contributed by atoms with Crippen molar-refractivity contribution in [3.63, 3.8) is 0 Å². The number of hydrogen-bond acceptors (Lipinski definition) is 4. The Morgan fingerprint density at radius 3 is 2.38 bits per heavy atom. The fourth-order valence-corrected chi connectivity index (χ4v) is 6.79. The number of benzene rings is 2.